The predicted octanol–water partition coefficient (Wildman–Crippen LogP) is 3.29. The molecule has 2 aromatic rings. The summed E-state index contributed by atoms with van der Waals surface area (Å²) >= 11 is 0. The van der Waals surface area contributed by atoms with Crippen LogP contribution in [0.25, 0.3) is 0 Å². The van der Waals surface area contributed by atoms with E-state index in [1.165, 1.54) is 12.8 Å². The van der Waals surface area contributed by atoms with Gasteiger partial charge in [0.15, 0.2) is 0 Å². The number of ether oxygens (including phenoxy) is 1. The minimum atomic E-state index is 0.0364. The molecule has 2 aliphatic heterocycles. The number of hydrogen-bond donors (Lipinski definition) is 0. The van der Waals surface area contributed by atoms with E-state index in [9.17, 15) is 4.79 Å². The molecule has 2 aromatic carbocycles. The normalized spacial score (nSPS) is 22.5. The highest BCUT2D eigenvalue weighted by atomic mass is 16.5. The Morgan fingerprint density at radius 2 is 1.77 bits per heavy atom. The van der Waals surface area contributed by atoms with Gasteiger partial charge in [-0.2, -0.15) is 0 Å². The van der Waals surface area contributed by atoms with Crippen LogP contribution in [-0.4, -0.2) is 48.5 Å². The smallest absolute Gasteiger partial charge is 0.227 e. The average Bonchev–Trinajstić information content (AvgIpc) is 3.22. The van der Waals surface area contributed by atoms with Crippen molar-refractivity contribution in [3.05, 3.63) is 65.7 Å². The molecule has 1 saturated heterocycles. The first-order valence-electron chi connectivity index (χ1n) is 9.49. The van der Waals surface area contributed by atoms with Gasteiger partial charge in [0, 0.05) is 12.6 Å². The third-order valence-corrected chi connectivity index (χ3v) is 5.63. The Kier molecular flexibility index (Phi) is 4.93. The number of para-hydroxylation sites is 1. The molecule has 2 heterocycles. The van der Waals surface area contributed by atoms with Gasteiger partial charge in [0.25, 0.3) is 0 Å². The molecule has 26 heavy (non-hydrogen) atoms. The monoisotopic (exact) mass is 350 g/mol. The Morgan fingerprint density at radius 3 is 2.54 bits per heavy atom. The van der Waals surface area contributed by atoms with E-state index in [-0.39, 0.29) is 18.0 Å². The fraction of sp³-hybridized carbons (Fsp3) is 0.409. The zero-order valence-corrected chi connectivity index (χ0v) is 15.3. The second kappa shape index (κ2) is 7.50. The number of hydrogen-bond acceptors (Lipinski definition) is 3. The quantitative estimate of drug-likeness (QED) is 0.848. The molecule has 0 aromatic heterocycles. The maximum absolute atomic E-state index is 13.0. The minimum Gasteiger partial charge on any atom is -0.491 e. The van der Waals surface area contributed by atoms with Crippen LogP contribution in [0.4, 0.5) is 0 Å². The number of likely N-dealkylation sites (tertiary alicyclic amines) is 1. The Morgan fingerprint density at radius 1 is 1.08 bits per heavy atom. The van der Waals surface area contributed by atoms with Crippen LogP contribution in [0.3, 0.4) is 0 Å². The summed E-state index contributed by atoms with van der Waals surface area (Å²) in [5.41, 5.74) is 2.18. The first kappa shape index (κ1) is 17.1. The molecule has 4 heteroatoms. The number of likely N-dealkylation sites (N-methyl/N-ethyl adjacent to an activating group) is 1. The van der Waals surface area contributed by atoms with Gasteiger partial charge in [0.05, 0.1) is 18.5 Å². The van der Waals surface area contributed by atoms with Gasteiger partial charge in [-0.3, -0.25) is 9.69 Å². The average molecular weight is 350 g/mol. The number of carbonyl (C=O) groups is 1. The number of carbonyl (C=O) groups excluding carboxylic acids is 1. The second-order valence-electron chi connectivity index (χ2n) is 7.27. The van der Waals surface area contributed by atoms with E-state index in [0.29, 0.717) is 13.0 Å². The largest absolute Gasteiger partial charge is 0.491 e. The molecule has 0 saturated carbocycles. The van der Waals surface area contributed by atoms with Crippen LogP contribution < -0.4 is 4.74 Å². The van der Waals surface area contributed by atoms with Crippen LogP contribution in [0.2, 0.25) is 0 Å². The molecular formula is C22H26N2O2. The Hall–Kier alpha value is -2.33. The topological polar surface area (TPSA) is 32.8 Å². The number of fused-ring (bicyclic) bond motifs is 1. The molecule has 0 N–H and O–H groups in total. The summed E-state index contributed by atoms with van der Waals surface area (Å²) in [5, 5.41) is 0. The molecule has 0 bridgehead atoms. The maximum atomic E-state index is 13.0. The lowest BCUT2D eigenvalue weighted by molar-refractivity contribution is -0.133. The van der Waals surface area contributed by atoms with E-state index in [1.54, 1.807) is 0 Å². The molecular weight excluding hydrogens is 324 g/mol. The van der Waals surface area contributed by atoms with E-state index in [0.717, 1.165) is 30.0 Å². The summed E-state index contributed by atoms with van der Waals surface area (Å²) < 4.78 is 6.05. The number of benzene rings is 2. The second-order valence-corrected chi connectivity index (χ2v) is 7.27. The molecule has 1 fully saturated rings. The summed E-state index contributed by atoms with van der Waals surface area (Å²) in [6, 6.07) is 18.4. The van der Waals surface area contributed by atoms with Gasteiger partial charge in [0.1, 0.15) is 12.4 Å². The highest BCUT2D eigenvalue weighted by molar-refractivity contribution is 5.79. The molecule has 2 aliphatic rings. The van der Waals surface area contributed by atoms with Gasteiger partial charge in [-0.25, -0.2) is 0 Å². The zero-order chi connectivity index (χ0) is 17.9. The van der Waals surface area contributed by atoms with Crippen molar-refractivity contribution in [3.8, 4) is 5.75 Å². The standard InChI is InChI=1S/C22H26N2O2/c1-23(21(25)15-17-9-3-2-4-10-17)22-18-11-5-6-12-20(18)26-16-19(22)24-13-7-8-14-24/h2-6,9-12,19,22H,7-8,13-16H2,1H3. The van der Waals surface area contributed by atoms with E-state index in [1.807, 2.05) is 60.5 Å². The van der Waals surface area contributed by atoms with Crippen molar-refractivity contribution in [1.29, 1.82) is 0 Å². The third kappa shape index (κ3) is 3.34. The molecule has 2 atom stereocenters. The van der Waals surface area contributed by atoms with E-state index >= 15 is 0 Å². The maximum Gasteiger partial charge on any atom is 0.227 e. The first-order valence-corrected chi connectivity index (χ1v) is 9.49. The van der Waals surface area contributed by atoms with Crippen LogP contribution in [0, 0.1) is 0 Å². The van der Waals surface area contributed by atoms with Crippen molar-refractivity contribution in [2.45, 2.75) is 31.3 Å². The lowest BCUT2D eigenvalue weighted by atomic mass is 9.93. The van der Waals surface area contributed by atoms with Gasteiger partial charge in [-0.15, -0.1) is 0 Å². The number of rotatable bonds is 4. The van der Waals surface area contributed by atoms with Crippen molar-refractivity contribution in [3.63, 3.8) is 0 Å². The summed E-state index contributed by atoms with van der Waals surface area (Å²) in [6.07, 6.45) is 2.89. The van der Waals surface area contributed by atoms with Crippen molar-refractivity contribution in [1.82, 2.24) is 9.80 Å². The van der Waals surface area contributed by atoms with E-state index in [2.05, 4.69) is 11.0 Å². The lowest BCUT2D eigenvalue weighted by Gasteiger charge is -2.43. The number of nitrogens with zero attached hydrogens (tertiary/aromatic N) is 2. The molecule has 4 rings (SSSR count). The summed E-state index contributed by atoms with van der Waals surface area (Å²) in [5.74, 6) is 1.06. The van der Waals surface area contributed by atoms with Gasteiger partial charge in [-0.05, 0) is 37.6 Å². The van der Waals surface area contributed by atoms with Gasteiger partial charge in [0.2, 0.25) is 5.91 Å². The molecule has 136 valence electrons. The van der Waals surface area contributed by atoms with E-state index < -0.39 is 0 Å². The fourth-order valence-electron chi connectivity index (χ4n) is 4.23. The zero-order valence-electron chi connectivity index (χ0n) is 15.3. The van der Waals surface area contributed by atoms with Crippen molar-refractivity contribution in [2.24, 2.45) is 0 Å². The molecule has 0 spiro atoms. The lowest BCUT2D eigenvalue weighted by Crippen LogP contribution is -2.51. The van der Waals surface area contributed by atoms with Crippen LogP contribution in [0.5, 0.6) is 5.75 Å². The Labute approximate surface area is 155 Å². The van der Waals surface area contributed by atoms with Crippen molar-refractivity contribution in [2.75, 3.05) is 26.7 Å². The van der Waals surface area contributed by atoms with Crippen LogP contribution in [-0.2, 0) is 11.2 Å². The molecule has 2 unspecified atom stereocenters. The van der Waals surface area contributed by atoms with Gasteiger partial charge in [-0.1, -0.05) is 48.5 Å². The highest BCUT2D eigenvalue weighted by Gasteiger charge is 2.39. The predicted molar refractivity (Wildman–Crippen MR) is 102 cm³/mol. The van der Waals surface area contributed by atoms with Gasteiger partial charge >= 0.3 is 0 Å². The minimum absolute atomic E-state index is 0.0364. The molecule has 0 radical (unpaired) electrons. The summed E-state index contributed by atoms with van der Waals surface area (Å²) in [7, 11) is 1.95. The van der Waals surface area contributed by atoms with Gasteiger partial charge < -0.3 is 9.64 Å². The molecule has 0 aliphatic carbocycles. The third-order valence-electron chi connectivity index (χ3n) is 5.63. The molecule has 4 nitrogen and oxygen atoms in total. The van der Waals surface area contributed by atoms with Crippen LogP contribution >= 0.6 is 0 Å². The summed E-state index contributed by atoms with van der Waals surface area (Å²) in [4.78, 5) is 17.5. The van der Waals surface area contributed by atoms with E-state index in [4.69, 9.17) is 4.74 Å². The Balaban J connectivity index is 1.61. The highest BCUT2D eigenvalue weighted by Crippen LogP contribution is 2.38. The first-order chi connectivity index (χ1) is 12.7. The van der Waals surface area contributed by atoms with Crippen LogP contribution in [0.1, 0.15) is 30.0 Å². The Bertz CT molecular complexity index is 756. The van der Waals surface area contributed by atoms with Crippen LogP contribution in [0.15, 0.2) is 54.6 Å². The summed E-state index contributed by atoms with van der Waals surface area (Å²) in [6.45, 7) is 2.82. The number of amides is 1. The van der Waals surface area contributed by atoms with Crippen molar-refractivity contribution >= 4 is 5.91 Å². The molecule has 1 amide bonds. The fourth-order valence-corrected chi connectivity index (χ4v) is 4.23. The van der Waals surface area contributed by atoms with Crippen molar-refractivity contribution < 1.29 is 9.53 Å². The SMILES string of the molecule is CN(C(=O)Cc1ccccc1)C1c2ccccc2OCC1N1CCCC1.